The van der Waals surface area contributed by atoms with E-state index in [1.165, 1.54) is 71.9 Å². The largest absolute Gasteiger partial charge is 0.508 e. The molecule has 0 bridgehead atoms. The molecule has 0 heterocycles. The van der Waals surface area contributed by atoms with Gasteiger partial charge in [0.2, 0.25) is 0 Å². The molecule has 0 saturated heterocycles. The van der Waals surface area contributed by atoms with Gasteiger partial charge in [-0.15, -0.1) is 0 Å². The molecule has 40 heavy (non-hydrogen) atoms. The Hall–Kier alpha value is -3.52. The molecule has 2 nitrogen and oxygen atoms in total. The molecule has 0 fully saturated rings. The lowest BCUT2D eigenvalue weighted by atomic mass is 9.79. The van der Waals surface area contributed by atoms with Gasteiger partial charge in [-0.2, -0.15) is 0 Å². The maximum atomic E-state index is 10.6. The van der Waals surface area contributed by atoms with Gasteiger partial charge < -0.3 is 10.2 Å². The van der Waals surface area contributed by atoms with Gasteiger partial charge in [0.05, 0.1) is 0 Å². The Labute approximate surface area is 241 Å². The third-order valence-corrected chi connectivity index (χ3v) is 7.99. The van der Waals surface area contributed by atoms with Crippen LogP contribution in [0.15, 0.2) is 72.8 Å². The molecule has 0 aliphatic carbocycles. The maximum Gasteiger partial charge on any atom is 0.116 e. The van der Waals surface area contributed by atoms with Gasteiger partial charge in [0.25, 0.3) is 0 Å². The molecule has 0 unspecified atom stereocenters. The number of benzene rings is 4. The van der Waals surface area contributed by atoms with Crippen LogP contribution < -0.4 is 0 Å². The second kappa shape index (κ2) is 13.7. The molecule has 2 N–H and O–H groups in total. The molecule has 0 aliphatic heterocycles. The van der Waals surface area contributed by atoms with Crippen LogP contribution in [0.1, 0.15) is 97.6 Å². The summed E-state index contributed by atoms with van der Waals surface area (Å²) in [7, 11) is 0. The molecule has 0 saturated carbocycles. The summed E-state index contributed by atoms with van der Waals surface area (Å²) >= 11 is 0. The first-order valence-corrected chi connectivity index (χ1v) is 15.1. The summed E-state index contributed by atoms with van der Waals surface area (Å²) in [5.41, 5.74) is 11.8. The molecule has 0 amide bonds. The first kappa shape index (κ1) is 29.5. The van der Waals surface area contributed by atoms with Crippen molar-refractivity contribution < 1.29 is 10.2 Å². The van der Waals surface area contributed by atoms with E-state index in [-0.39, 0.29) is 17.4 Å². The maximum absolute atomic E-state index is 10.6. The van der Waals surface area contributed by atoms with Crippen LogP contribution in [0.4, 0.5) is 0 Å². The SMILES string of the molecule is CCCCCCCCCC(c1ccc(O)cc1-c1cc(C)cc(C)c1)c1ccc(O)cc1-c1cc(C)cc(C)c1. The zero-order valence-electron chi connectivity index (χ0n) is 25.1. The number of unbranched alkanes of at least 4 members (excludes halogenated alkanes) is 6. The summed E-state index contributed by atoms with van der Waals surface area (Å²) in [6.07, 6.45) is 9.85. The van der Waals surface area contributed by atoms with Crippen molar-refractivity contribution in [3.8, 4) is 33.8 Å². The lowest BCUT2D eigenvalue weighted by Gasteiger charge is -2.25. The minimum Gasteiger partial charge on any atom is -0.508 e. The van der Waals surface area contributed by atoms with E-state index < -0.39 is 0 Å². The molecule has 2 heteroatoms. The highest BCUT2D eigenvalue weighted by Gasteiger charge is 2.23. The fourth-order valence-electron chi connectivity index (χ4n) is 6.24. The van der Waals surface area contributed by atoms with Crippen molar-refractivity contribution in [2.45, 2.75) is 91.9 Å². The minimum atomic E-state index is 0.128. The second-order valence-corrected chi connectivity index (χ2v) is 11.8. The third-order valence-electron chi connectivity index (χ3n) is 7.99. The Morgan fingerprint density at radius 3 is 1.32 bits per heavy atom. The molecular weight excluding hydrogens is 488 g/mol. The van der Waals surface area contributed by atoms with E-state index in [9.17, 15) is 10.2 Å². The number of phenolic OH excluding ortho intramolecular Hbond substituents is 2. The molecule has 4 aromatic carbocycles. The Kier molecular flexibility index (Phi) is 10.1. The van der Waals surface area contributed by atoms with E-state index in [1.54, 1.807) is 0 Å². The first-order chi connectivity index (χ1) is 19.2. The van der Waals surface area contributed by atoms with Gasteiger partial charge in [-0.05, 0) is 91.8 Å². The lowest BCUT2D eigenvalue weighted by Crippen LogP contribution is -2.06. The van der Waals surface area contributed by atoms with E-state index >= 15 is 0 Å². The normalized spacial score (nSPS) is 11.3. The number of hydrogen-bond donors (Lipinski definition) is 2. The lowest BCUT2D eigenvalue weighted by molar-refractivity contribution is 0.475. The van der Waals surface area contributed by atoms with Crippen LogP contribution in [0.3, 0.4) is 0 Å². The van der Waals surface area contributed by atoms with Crippen molar-refractivity contribution in [1.82, 2.24) is 0 Å². The highest BCUT2D eigenvalue weighted by Crippen LogP contribution is 2.43. The van der Waals surface area contributed by atoms with Crippen molar-refractivity contribution in [2.75, 3.05) is 0 Å². The first-order valence-electron chi connectivity index (χ1n) is 15.1. The molecule has 4 rings (SSSR count). The van der Waals surface area contributed by atoms with E-state index in [2.05, 4.69) is 83.1 Å². The minimum absolute atomic E-state index is 0.128. The molecule has 0 spiro atoms. The summed E-state index contributed by atoms with van der Waals surface area (Å²) in [4.78, 5) is 0. The quantitative estimate of drug-likeness (QED) is 0.177. The summed E-state index contributed by atoms with van der Waals surface area (Å²) < 4.78 is 0. The zero-order valence-corrected chi connectivity index (χ0v) is 25.1. The zero-order chi connectivity index (χ0) is 28.6. The third kappa shape index (κ3) is 7.56. The Bertz CT molecular complexity index is 1290. The Balaban J connectivity index is 1.82. The highest BCUT2D eigenvalue weighted by atomic mass is 16.3. The Morgan fingerprint density at radius 2 is 0.900 bits per heavy atom. The molecule has 4 aromatic rings. The molecule has 0 aliphatic rings. The monoisotopic (exact) mass is 534 g/mol. The molecular formula is C38H46O2. The summed E-state index contributed by atoms with van der Waals surface area (Å²) in [5.74, 6) is 0.698. The molecule has 0 atom stereocenters. The summed E-state index contributed by atoms with van der Waals surface area (Å²) in [6.45, 7) is 10.8. The van der Waals surface area contributed by atoms with Gasteiger partial charge in [-0.25, -0.2) is 0 Å². The van der Waals surface area contributed by atoms with Crippen LogP contribution in [0, 0.1) is 27.7 Å². The number of aromatic hydroxyl groups is 2. The van der Waals surface area contributed by atoms with Crippen LogP contribution >= 0.6 is 0 Å². The number of hydrogen-bond acceptors (Lipinski definition) is 2. The van der Waals surface area contributed by atoms with Gasteiger partial charge in [0, 0.05) is 5.92 Å². The average Bonchev–Trinajstić information content (AvgIpc) is 2.90. The van der Waals surface area contributed by atoms with Gasteiger partial charge >= 0.3 is 0 Å². The van der Waals surface area contributed by atoms with Gasteiger partial charge in [0.15, 0.2) is 0 Å². The van der Waals surface area contributed by atoms with Gasteiger partial charge in [-0.3, -0.25) is 0 Å². The van der Waals surface area contributed by atoms with Crippen LogP contribution in [0.5, 0.6) is 11.5 Å². The van der Waals surface area contributed by atoms with Crippen molar-refractivity contribution in [3.63, 3.8) is 0 Å². The number of phenols is 2. The molecule has 210 valence electrons. The van der Waals surface area contributed by atoms with E-state index in [0.717, 1.165) is 35.1 Å². The second-order valence-electron chi connectivity index (χ2n) is 11.8. The predicted octanol–water partition coefficient (Wildman–Crippen LogP) is 10.9. The topological polar surface area (TPSA) is 40.5 Å². The standard InChI is InChI=1S/C38H46O2/c1-6-7-8-9-10-11-12-13-34(35-16-14-32(39)24-37(35)30-20-26(2)18-27(3)21-30)36-17-15-33(40)25-38(36)31-22-28(4)19-29(5)23-31/h14-25,34,39-40H,6-13H2,1-5H3. The molecule has 0 radical (unpaired) electrons. The molecule has 0 aromatic heterocycles. The van der Waals surface area contributed by atoms with Crippen molar-refractivity contribution in [1.29, 1.82) is 0 Å². The van der Waals surface area contributed by atoms with E-state index in [0.29, 0.717) is 0 Å². The van der Waals surface area contributed by atoms with Crippen LogP contribution in [0.25, 0.3) is 22.3 Å². The van der Waals surface area contributed by atoms with Crippen LogP contribution in [-0.4, -0.2) is 10.2 Å². The van der Waals surface area contributed by atoms with Gasteiger partial charge in [0.1, 0.15) is 11.5 Å². The fourth-order valence-corrected chi connectivity index (χ4v) is 6.24. The van der Waals surface area contributed by atoms with Crippen LogP contribution in [0.2, 0.25) is 0 Å². The summed E-state index contributed by atoms with van der Waals surface area (Å²) in [6, 6.07) is 25.0. The summed E-state index contributed by atoms with van der Waals surface area (Å²) in [5, 5.41) is 21.2. The van der Waals surface area contributed by atoms with Crippen molar-refractivity contribution in [2.24, 2.45) is 0 Å². The fraction of sp³-hybridized carbons (Fsp3) is 0.368. The predicted molar refractivity (Wildman–Crippen MR) is 170 cm³/mol. The average molecular weight is 535 g/mol. The van der Waals surface area contributed by atoms with E-state index in [4.69, 9.17) is 0 Å². The van der Waals surface area contributed by atoms with Gasteiger partial charge in [-0.1, -0.05) is 123 Å². The smallest absolute Gasteiger partial charge is 0.116 e. The van der Waals surface area contributed by atoms with Crippen molar-refractivity contribution >= 4 is 0 Å². The van der Waals surface area contributed by atoms with Crippen molar-refractivity contribution in [3.05, 3.63) is 106 Å². The Morgan fingerprint density at radius 1 is 0.500 bits per heavy atom. The highest BCUT2D eigenvalue weighted by molar-refractivity contribution is 5.76. The van der Waals surface area contributed by atoms with Crippen LogP contribution in [-0.2, 0) is 0 Å². The number of aryl methyl sites for hydroxylation is 4. The number of rotatable bonds is 12. The van der Waals surface area contributed by atoms with E-state index in [1.807, 2.05) is 24.3 Å².